The summed E-state index contributed by atoms with van der Waals surface area (Å²) in [7, 11) is 0. The van der Waals surface area contributed by atoms with Crippen molar-refractivity contribution in [3.63, 3.8) is 0 Å². The molecule has 1 aliphatic heterocycles. The van der Waals surface area contributed by atoms with Gasteiger partial charge in [-0.1, -0.05) is 27.2 Å². The first kappa shape index (κ1) is 10.4. The molecule has 2 aliphatic rings. The Labute approximate surface area is 91.2 Å². The van der Waals surface area contributed by atoms with Gasteiger partial charge in [-0.25, -0.2) is 0 Å². The first-order chi connectivity index (χ1) is 6.87. The summed E-state index contributed by atoms with van der Waals surface area (Å²) in [4.78, 5) is 13.8. The smallest absolute Gasteiger partial charge is 0.225 e. The summed E-state index contributed by atoms with van der Waals surface area (Å²) < 4.78 is 0. The van der Waals surface area contributed by atoms with Gasteiger partial charge in [0.2, 0.25) is 5.91 Å². The molecule has 1 N–H and O–H groups in total. The molecule has 82 valence electrons. The number of hydrogen-bond donors (Lipinski definition) is 1. The van der Waals surface area contributed by atoms with Gasteiger partial charge in [-0.15, -0.1) is 0 Å². The number of carbonyl (C=O) groups is 1. The van der Waals surface area contributed by atoms with Crippen LogP contribution in [0.3, 0.4) is 0 Å². The molecule has 3 nitrogen and oxygen atoms in total. The van der Waals surface area contributed by atoms with Crippen molar-refractivity contribution >= 4 is 5.91 Å². The van der Waals surface area contributed by atoms with E-state index in [4.69, 9.17) is 6.42 Å². The minimum atomic E-state index is -0.314. The van der Waals surface area contributed by atoms with E-state index in [2.05, 4.69) is 11.4 Å². The van der Waals surface area contributed by atoms with Gasteiger partial charge in [-0.3, -0.25) is 4.79 Å². The summed E-state index contributed by atoms with van der Waals surface area (Å²) in [6.45, 7) is 7.55. The number of hydrogen-bond acceptors (Lipinski definition) is 2. The van der Waals surface area contributed by atoms with E-state index in [1.165, 1.54) is 0 Å². The van der Waals surface area contributed by atoms with Crippen molar-refractivity contribution in [3.05, 3.63) is 0 Å². The van der Waals surface area contributed by atoms with Crippen LogP contribution in [0.1, 0.15) is 27.2 Å². The molecular weight excluding hydrogens is 188 g/mol. The first-order valence-corrected chi connectivity index (χ1v) is 5.41. The second kappa shape index (κ2) is 2.91. The zero-order valence-corrected chi connectivity index (χ0v) is 9.63. The second-order valence-electron chi connectivity index (χ2n) is 5.77. The van der Waals surface area contributed by atoms with E-state index in [9.17, 15) is 4.79 Å². The van der Waals surface area contributed by atoms with Crippen molar-refractivity contribution in [2.24, 2.45) is 11.3 Å². The van der Waals surface area contributed by atoms with Crippen LogP contribution in [0.5, 0.6) is 0 Å². The number of likely N-dealkylation sites (tertiary alicyclic amines) is 1. The van der Waals surface area contributed by atoms with Crippen molar-refractivity contribution in [1.29, 1.82) is 0 Å². The average molecular weight is 206 g/mol. The Kier molecular flexibility index (Phi) is 2.01. The minimum Gasteiger partial charge on any atom is -0.348 e. The highest BCUT2D eigenvalue weighted by molar-refractivity contribution is 5.82. The topological polar surface area (TPSA) is 32.3 Å². The molecule has 15 heavy (non-hydrogen) atoms. The number of terminal acetylenes is 1. The normalized spacial score (nSPS) is 33.2. The molecule has 1 amide bonds. The number of carbonyl (C=O) groups excluding carboxylic acids is 1. The lowest BCUT2D eigenvalue weighted by molar-refractivity contribution is -0.129. The average Bonchev–Trinajstić information content (AvgIpc) is 2.66. The monoisotopic (exact) mass is 206 g/mol. The van der Waals surface area contributed by atoms with Gasteiger partial charge < -0.3 is 10.2 Å². The number of fused-ring (bicyclic) bond motifs is 1. The Morgan fingerprint density at radius 3 is 2.73 bits per heavy atom. The summed E-state index contributed by atoms with van der Waals surface area (Å²) in [5.74, 6) is 0.698. The molecule has 2 atom stereocenters. The molecule has 0 spiro atoms. The molecule has 2 rings (SSSR count). The summed E-state index contributed by atoms with van der Waals surface area (Å²) >= 11 is 0. The molecule has 0 radical (unpaired) electrons. The molecule has 3 heteroatoms. The van der Waals surface area contributed by atoms with Gasteiger partial charge in [0.15, 0.2) is 0 Å². The van der Waals surface area contributed by atoms with Gasteiger partial charge in [0.05, 0.1) is 5.54 Å². The van der Waals surface area contributed by atoms with Crippen LogP contribution in [0.15, 0.2) is 0 Å². The fraction of sp³-hybridized carbons (Fsp3) is 0.750. The van der Waals surface area contributed by atoms with Crippen LogP contribution in [-0.2, 0) is 4.79 Å². The number of piperidine rings is 1. The van der Waals surface area contributed by atoms with Crippen molar-refractivity contribution in [2.75, 3.05) is 13.1 Å². The first-order valence-electron chi connectivity index (χ1n) is 5.41. The highest BCUT2D eigenvalue weighted by atomic mass is 16.2. The zero-order valence-electron chi connectivity index (χ0n) is 9.63. The zero-order chi connectivity index (χ0) is 11.3. The Hall–Kier alpha value is -1.17. The maximum Gasteiger partial charge on any atom is 0.225 e. The van der Waals surface area contributed by atoms with Crippen LogP contribution < -0.4 is 5.32 Å². The van der Waals surface area contributed by atoms with E-state index in [1.807, 2.05) is 25.7 Å². The summed E-state index contributed by atoms with van der Waals surface area (Å²) in [6.07, 6.45) is 6.45. The molecule has 0 bridgehead atoms. The minimum absolute atomic E-state index is 0.00324. The predicted octanol–water partition coefficient (Wildman–Crippen LogP) is 0.814. The predicted molar refractivity (Wildman–Crippen MR) is 58.8 cm³/mol. The number of rotatable bonds is 1. The van der Waals surface area contributed by atoms with Gasteiger partial charge in [0.25, 0.3) is 0 Å². The molecule has 1 aliphatic carbocycles. The van der Waals surface area contributed by atoms with E-state index in [0.29, 0.717) is 5.92 Å². The summed E-state index contributed by atoms with van der Waals surface area (Å²) in [5.41, 5.74) is -0.317. The second-order valence-corrected chi connectivity index (χ2v) is 5.77. The van der Waals surface area contributed by atoms with Crippen LogP contribution in [0, 0.1) is 23.8 Å². The van der Waals surface area contributed by atoms with Crippen molar-refractivity contribution < 1.29 is 4.79 Å². The van der Waals surface area contributed by atoms with E-state index < -0.39 is 0 Å². The highest BCUT2D eigenvalue weighted by Crippen LogP contribution is 2.49. The van der Waals surface area contributed by atoms with Crippen LogP contribution in [0.25, 0.3) is 0 Å². The molecule has 1 saturated heterocycles. The van der Waals surface area contributed by atoms with Crippen LogP contribution in [0.2, 0.25) is 0 Å². The molecule has 0 aromatic rings. The number of amides is 1. The van der Waals surface area contributed by atoms with Crippen molar-refractivity contribution in [3.8, 4) is 12.5 Å². The van der Waals surface area contributed by atoms with E-state index in [1.54, 1.807) is 0 Å². The molecule has 1 saturated carbocycles. The number of nitrogens with one attached hydrogen (secondary N) is 1. The maximum atomic E-state index is 11.9. The fourth-order valence-electron chi connectivity index (χ4n) is 2.19. The van der Waals surface area contributed by atoms with Gasteiger partial charge >= 0.3 is 0 Å². The SMILES string of the molecule is C#CN1CC2CC2(NC(=O)C(C)(C)C)C1. The Morgan fingerprint density at radius 1 is 1.60 bits per heavy atom. The van der Waals surface area contributed by atoms with Crippen molar-refractivity contribution in [2.45, 2.75) is 32.7 Å². The quantitative estimate of drug-likeness (QED) is 0.644. The molecule has 2 fully saturated rings. The molecule has 2 unspecified atom stereocenters. The summed E-state index contributed by atoms with van der Waals surface area (Å²) in [6, 6.07) is 2.64. The Balaban J connectivity index is 1.98. The Bertz CT molecular complexity index is 337. The summed E-state index contributed by atoms with van der Waals surface area (Å²) in [5, 5.41) is 3.16. The van der Waals surface area contributed by atoms with Gasteiger partial charge in [-0.2, -0.15) is 0 Å². The van der Waals surface area contributed by atoms with Crippen LogP contribution >= 0.6 is 0 Å². The lowest BCUT2D eigenvalue weighted by atomic mass is 9.95. The van der Waals surface area contributed by atoms with E-state index in [0.717, 1.165) is 19.5 Å². The number of nitrogens with zero attached hydrogens (tertiary/aromatic N) is 1. The third kappa shape index (κ3) is 1.69. The molecular formula is C12H18N2O. The van der Waals surface area contributed by atoms with Gasteiger partial charge in [-0.05, 0) is 6.42 Å². The standard InChI is InChI=1S/C12H18N2O/c1-5-14-7-9-6-12(9,8-14)13-10(15)11(2,3)4/h1,9H,6-8H2,2-4H3,(H,13,15). The van der Waals surface area contributed by atoms with E-state index >= 15 is 0 Å². The Morgan fingerprint density at radius 2 is 2.27 bits per heavy atom. The molecule has 0 aromatic heterocycles. The fourth-order valence-corrected chi connectivity index (χ4v) is 2.19. The van der Waals surface area contributed by atoms with Gasteiger partial charge in [0.1, 0.15) is 0 Å². The highest BCUT2D eigenvalue weighted by Gasteiger charge is 2.61. The largest absolute Gasteiger partial charge is 0.348 e. The van der Waals surface area contributed by atoms with Gasteiger partial charge in [0, 0.05) is 30.5 Å². The molecule has 0 aromatic carbocycles. The van der Waals surface area contributed by atoms with Crippen LogP contribution in [-0.4, -0.2) is 29.4 Å². The maximum absolute atomic E-state index is 11.9. The van der Waals surface area contributed by atoms with Crippen molar-refractivity contribution in [1.82, 2.24) is 10.2 Å². The lowest BCUT2D eigenvalue weighted by Gasteiger charge is -2.23. The molecule has 1 heterocycles. The van der Waals surface area contributed by atoms with Crippen LogP contribution in [0.4, 0.5) is 0 Å². The third-order valence-corrected chi connectivity index (χ3v) is 3.37. The lowest BCUT2D eigenvalue weighted by Crippen LogP contribution is -2.46. The third-order valence-electron chi connectivity index (χ3n) is 3.37. The van der Waals surface area contributed by atoms with E-state index in [-0.39, 0.29) is 16.9 Å².